The van der Waals surface area contributed by atoms with Crippen LogP contribution in [0.1, 0.15) is 12.6 Å². The van der Waals surface area contributed by atoms with Crippen molar-refractivity contribution in [1.29, 1.82) is 0 Å². The van der Waals surface area contributed by atoms with Gasteiger partial charge in [0.1, 0.15) is 11.4 Å². The molecular weight excluding hydrogens is 316 g/mol. The van der Waals surface area contributed by atoms with E-state index in [-0.39, 0.29) is 17.0 Å². The van der Waals surface area contributed by atoms with Crippen molar-refractivity contribution in [1.82, 2.24) is 9.38 Å². The highest BCUT2D eigenvalue weighted by Gasteiger charge is 2.10. The summed E-state index contributed by atoms with van der Waals surface area (Å²) in [6.07, 6.45) is 2.06. The molecule has 1 aromatic carbocycles. The van der Waals surface area contributed by atoms with Gasteiger partial charge >= 0.3 is 0 Å². The number of aromatic nitrogens is 2. The highest BCUT2D eigenvalue weighted by Crippen LogP contribution is 2.29. The van der Waals surface area contributed by atoms with Crippen LogP contribution in [0, 0.1) is 6.92 Å². The average Bonchev–Trinajstić information content (AvgIpc) is 2.85. The van der Waals surface area contributed by atoms with E-state index < -0.39 is 0 Å². The van der Waals surface area contributed by atoms with Gasteiger partial charge in [-0.05, 0) is 38.1 Å². The van der Waals surface area contributed by atoms with Crippen molar-refractivity contribution in [3.8, 4) is 17.0 Å². The molecule has 3 aromatic rings. The minimum absolute atomic E-state index is 0. The zero-order chi connectivity index (χ0) is 13.2. The van der Waals surface area contributed by atoms with Gasteiger partial charge in [0.15, 0.2) is 0 Å². The maximum atomic E-state index is 5.67. The predicted octanol–water partition coefficient (Wildman–Crippen LogP) is 0.712. The average molecular weight is 332 g/mol. The Bertz CT molecular complexity index is 721. The van der Waals surface area contributed by atoms with Crippen LogP contribution >= 0.6 is 0 Å². The summed E-state index contributed by atoms with van der Waals surface area (Å²) in [5.74, 6) is 0.881. The summed E-state index contributed by atoms with van der Waals surface area (Å²) in [6.45, 7) is 4.72. The predicted molar refractivity (Wildman–Crippen MR) is 76.5 cm³/mol. The Kier molecular flexibility index (Phi) is 4.45. The molecule has 0 amide bonds. The molecule has 0 aliphatic heterocycles. The molecule has 104 valence electrons. The first kappa shape index (κ1) is 14.6. The third kappa shape index (κ3) is 2.56. The fourth-order valence-corrected chi connectivity index (χ4v) is 2.24. The molecule has 0 unspecified atom stereocenters. The standard InChI is InChI=1S/C16H16N2O.BrH/c1-3-19-15-9-5-4-8-13(15)14-11-18-12(2)7-6-10-16(18)17-14;/h4-11H,3H2,1-2H3;1H/p-1. The summed E-state index contributed by atoms with van der Waals surface area (Å²) in [4.78, 5) is 4.67. The fraction of sp³-hybridized carbons (Fsp3) is 0.188. The van der Waals surface area contributed by atoms with Gasteiger partial charge in [-0.2, -0.15) is 0 Å². The number of aryl methyl sites for hydroxylation is 1. The van der Waals surface area contributed by atoms with Crippen LogP contribution in [0.4, 0.5) is 0 Å². The van der Waals surface area contributed by atoms with E-state index >= 15 is 0 Å². The van der Waals surface area contributed by atoms with Crippen LogP contribution in [0.2, 0.25) is 0 Å². The summed E-state index contributed by atoms with van der Waals surface area (Å²) in [5.41, 5.74) is 4.11. The Morgan fingerprint density at radius 1 is 1.10 bits per heavy atom. The second kappa shape index (κ2) is 6.09. The molecule has 4 heteroatoms. The number of nitrogens with zero attached hydrogens (tertiary/aromatic N) is 2. The van der Waals surface area contributed by atoms with Crippen LogP contribution in [0.25, 0.3) is 16.9 Å². The molecule has 2 heterocycles. The van der Waals surface area contributed by atoms with E-state index in [0.717, 1.165) is 22.7 Å². The third-order valence-electron chi connectivity index (χ3n) is 3.16. The van der Waals surface area contributed by atoms with Crippen LogP contribution in [-0.2, 0) is 0 Å². The lowest BCUT2D eigenvalue weighted by molar-refractivity contribution is -0.00000454. The van der Waals surface area contributed by atoms with Gasteiger partial charge < -0.3 is 26.1 Å². The van der Waals surface area contributed by atoms with Gasteiger partial charge in [0.05, 0.1) is 12.3 Å². The van der Waals surface area contributed by atoms with E-state index in [0.29, 0.717) is 6.61 Å². The van der Waals surface area contributed by atoms with Gasteiger partial charge in [0.2, 0.25) is 0 Å². The molecule has 0 aliphatic carbocycles. The van der Waals surface area contributed by atoms with Crippen molar-refractivity contribution < 1.29 is 21.7 Å². The van der Waals surface area contributed by atoms with Gasteiger partial charge in [0, 0.05) is 17.5 Å². The molecule has 0 saturated heterocycles. The first-order valence-corrected chi connectivity index (χ1v) is 6.46. The number of hydrogen-bond donors (Lipinski definition) is 0. The summed E-state index contributed by atoms with van der Waals surface area (Å²) < 4.78 is 7.76. The second-order valence-electron chi connectivity index (χ2n) is 4.45. The van der Waals surface area contributed by atoms with Crippen molar-refractivity contribution in [2.45, 2.75) is 13.8 Å². The normalized spacial score (nSPS) is 10.3. The van der Waals surface area contributed by atoms with Crippen LogP contribution in [0.3, 0.4) is 0 Å². The van der Waals surface area contributed by atoms with E-state index in [1.54, 1.807) is 0 Å². The van der Waals surface area contributed by atoms with Gasteiger partial charge in [-0.25, -0.2) is 4.98 Å². The molecule has 0 fully saturated rings. The number of rotatable bonds is 3. The molecule has 0 bridgehead atoms. The van der Waals surface area contributed by atoms with Crippen molar-refractivity contribution in [2.75, 3.05) is 6.61 Å². The lowest BCUT2D eigenvalue weighted by atomic mass is 10.1. The Labute approximate surface area is 129 Å². The number of para-hydroxylation sites is 1. The molecule has 3 nitrogen and oxygen atoms in total. The van der Waals surface area contributed by atoms with Gasteiger partial charge in [-0.15, -0.1) is 0 Å². The van der Waals surface area contributed by atoms with Crippen molar-refractivity contribution in [3.63, 3.8) is 0 Å². The van der Waals surface area contributed by atoms with Crippen LogP contribution in [0.5, 0.6) is 5.75 Å². The van der Waals surface area contributed by atoms with E-state index in [1.807, 2.05) is 43.3 Å². The summed E-state index contributed by atoms with van der Waals surface area (Å²) in [5, 5.41) is 0. The molecule has 0 spiro atoms. The number of fused-ring (bicyclic) bond motifs is 1. The number of benzene rings is 1. The smallest absolute Gasteiger partial charge is 0.137 e. The number of ether oxygens (including phenoxy) is 1. The fourth-order valence-electron chi connectivity index (χ4n) is 2.24. The maximum absolute atomic E-state index is 5.67. The summed E-state index contributed by atoms with van der Waals surface area (Å²) >= 11 is 0. The molecular formula is C16H16BrN2O-. The van der Waals surface area contributed by atoms with Crippen molar-refractivity contribution >= 4 is 5.65 Å². The number of halogens is 1. The lowest BCUT2D eigenvalue weighted by Crippen LogP contribution is -3.00. The Morgan fingerprint density at radius 3 is 2.65 bits per heavy atom. The number of pyridine rings is 1. The third-order valence-corrected chi connectivity index (χ3v) is 3.16. The molecule has 0 radical (unpaired) electrons. The van der Waals surface area contributed by atoms with Crippen molar-refractivity contribution in [3.05, 3.63) is 54.4 Å². The highest BCUT2D eigenvalue weighted by atomic mass is 79.9. The minimum atomic E-state index is 0. The molecule has 20 heavy (non-hydrogen) atoms. The topological polar surface area (TPSA) is 26.5 Å². The number of hydrogen-bond acceptors (Lipinski definition) is 2. The van der Waals surface area contributed by atoms with Crippen LogP contribution in [0.15, 0.2) is 48.7 Å². The lowest BCUT2D eigenvalue weighted by Gasteiger charge is -2.07. The molecule has 3 rings (SSSR count). The summed E-state index contributed by atoms with van der Waals surface area (Å²) in [7, 11) is 0. The molecule has 0 N–H and O–H groups in total. The Hall–Kier alpha value is -1.81. The van der Waals surface area contributed by atoms with Gasteiger partial charge in [-0.1, -0.05) is 18.2 Å². The van der Waals surface area contributed by atoms with E-state index in [2.05, 4.69) is 28.6 Å². The SMILES string of the molecule is CCOc1ccccc1-c1cn2c(C)cccc2n1.[Br-]. The Balaban J connectivity index is 0.00000147. The van der Waals surface area contributed by atoms with E-state index in [9.17, 15) is 0 Å². The quantitative estimate of drug-likeness (QED) is 0.706. The first-order valence-electron chi connectivity index (χ1n) is 6.46. The van der Waals surface area contributed by atoms with E-state index in [4.69, 9.17) is 4.74 Å². The van der Waals surface area contributed by atoms with E-state index in [1.165, 1.54) is 5.69 Å². The van der Waals surface area contributed by atoms with Crippen LogP contribution < -0.4 is 21.7 Å². The molecule has 0 saturated carbocycles. The zero-order valence-electron chi connectivity index (χ0n) is 11.5. The molecule has 0 atom stereocenters. The molecule has 2 aromatic heterocycles. The van der Waals surface area contributed by atoms with Gasteiger partial charge in [0.25, 0.3) is 0 Å². The highest BCUT2D eigenvalue weighted by molar-refractivity contribution is 5.69. The largest absolute Gasteiger partial charge is 1.00 e. The first-order chi connectivity index (χ1) is 9.29. The maximum Gasteiger partial charge on any atom is 0.137 e. The number of imidazole rings is 1. The summed E-state index contributed by atoms with van der Waals surface area (Å²) in [6, 6.07) is 14.1. The molecule has 0 aliphatic rings. The van der Waals surface area contributed by atoms with Crippen molar-refractivity contribution in [2.24, 2.45) is 0 Å². The Morgan fingerprint density at radius 2 is 1.90 bits per heavy atom. The minimum Gasteiger partial charge on any atom is -1.00 e. The monoisotopic (exact) mass is 331 g/mol. The van der Waals surface area contributed by atoms with Gasteiger partial charge in [-0.3, -0.25) is 0 Å². The second-order valence-corrected chi connectivity index (χ2v) is 4.45. The van der Waals surface area contributed by atoms with Crippen LogP contribution in [-0.4, -0.2) is 16.0 Å². The zero-order valence-corrected chi connectivity index (χ0v) is 13.1.